The van der Waals surface area contributed by atoms with Crippen molar-refractivity contribution >= 4 is 23.0 Å². The standard InChI is InChI=1S/C30H33N5O2S/c1-30(2,3)37-23-13-16-35(17-14-23)19-21-8-10-22(11-9-21)20-36-29-32-15-12-25(34-29)24(18-31)28-33-26-6-4-5-7-27(26)38-28/h4-12,15,23,33H,13-14,16-17,19-20H2,1-3H3/b28-24-. The predicted molar refractivity (Wildman–Crippen MR) is 150 cm³/mol. The Morgan fingerprint density at radius 1 is 1.08 bits per heavy atom. The molecular formula is C30H33N5O2S. The zero-order valence-corrected chi connectivity index (χ0v) is 22.9. The van der Waals surface area contributed by atoms with E-state index in [0.29, 0.717) is 24.0 Å². The van der Waals surface area contributed by atoms with Crippen LogP contribution in [0.2, 0.25) is 0 Å². The monoisotopic (exact) mass is 527 g/mol. The van der Waals surface area contributed by atoms with Gasteiger partial charge in [-0.05, 0) is 62.9 Å². The van der Waals surface area contributed by atoms with Crippen molar-refractivity contribution in [2.45, 2.75) is 63.4 Å². The van der Waals surface area contributed by atoms with Crippen LogP contribution in [0.25, 0.3) is 5.57 Å². The van der Waals surface area contributed by atoms with Gasteiger partial charge in [0, 0.05) is 30.7 Å². The number of fused-ring (bicyclic) bond motifs is 1. The topological polar surface area (TPSA) is 83.3 Å². The number of nitrogens with one attached hydrogen (secondary N) is 1. The molecule has 2 aliphatic rings. The predicted octanol–water partition coefficient (Wildman–Crippen LogP) is 6.25. The van der Waals surface area contributed by atoms with E-state index in [0.717, 1.165) is 53.7 Å². The minimum absolute atomic E-state index is 0.0782. The fourth-order valence-corrected chi connectivity index (χ4v) is 5.65. The van der Waals surface area contributed by atoms with E-state index in [-0.39, 0.29) is 11.6 Å². The SMILES string of the molecule is CC(C)(C)OC1CCN(Cc2ccc(COc3nccc(/C(C#N)=C4/Nc5ccccc5S4)n3)cc2)CC1. The second kappa shape index (κ2) is 11.6. The molecule has 7 nitrogen and oxygen atoms in total. The molecule has 0 atom stereocenters. The number of allylic oxidation sites excluding steroid dienone is 1. The lowest BCUT2D eigenvalue weighted by molar-refractivity contribution is -0.0827. The summed E-state index contributed by atoms with van der Waals surface area (Å²) in [6, 6.07) is 20.7. The van der Waals surface area contributed by atoms with Crippen LogP contribution in [0, 0.1) is 11.3 Å². The van der Waals surface area contributed by atoms with Crippen molar-refractivity contribution in [1.82, 2.24) is 14.9 Å². The smallest absolute Gasteiger partial charge is 0.317 e. The largest absolute Gasteiger partial charge is 0.459 e. The number of nitrogens with zero attached hydrogens (tertiary/aromatic N) is 4. The number of aromatic nitrogens is 2. The number of anilines is 1. The van der Waals surface area contributed by atoms with Crippen molar-refractivity contribution in [3.05, 3.63) is 82.6 Å². The second-order valence-electron chi connectivity index (χ2n) is 10.6. The molecule has 3 heterocycles. The van der Waals surface area contributed by atoms with Crippen LogP contribution >= 0.6 is 11.8 Å². The Hall–Kier alpha value is -3.38. The van der Waals surface area contributed by atoms with Crippen molar-refractivity contribution in [2.75, 3.05) is 18.4 Å². The van der Waals surface area contributed by atoms with E-state index in [1.807, 2.05) is 24.3 Å². The highest BCUT2D eigenvalue weighted by atomic mass is 32.2. The lowest BCUT2D eigenvalue weighted by atomic mass is 10.0. The Morgan fingerprint density at radius 3 is 2.53 bits per heavy atom. The summed E-state index contributed by atoms with van der Waals surface area (Å²) in [5.41, 5.74) is 4.25. The molecule has 5 rings (SSSR count). The molecule has 2 aromatic carbocycles. The number of ether oxygens (including phenoxy) is 2. The fraction of sp³-hybridized carbons (Fsp3) is 0.367. The van der Waals surface area contributed by atoms with Crippen molar-refractivity contribution in [1.29, 1.82) is 5.26 Å². The van der Waals surface area contributed by atoms with Gasteiger partial charge in [0.25, 0.3) is 0 Å². The molecule has 1 aromatic heterocycles. The quantitative estimate of drug-likeness (QED) is 0.361. The summed E-state index contributed by atoms with van der Waals surface area (Å²) >= 11 is 1.53. The first kappa shape index (κ1) is 26.2. The molecule has 38 heavy (non-hydrogen) atoms. The molecular weight excluding hydrogens is 494 g/mol. The molecule has 196 valence electrons. The number of likely N-dealkylation sites (tertiary alicyclic amines) is 1. The Bertz CT molecular complexity index is 1310. The van der Waals surface area contributed by atoms with Crippen molar-refractivity contribution < 1.29 is 9.47 Å². The molecule has 3 aromatic rings. The molecule has 2 aliphatic heterocycles. The van der Waals surface area contributed by atoms with Gasteiger partial charge in [-0.3, -0.25) is 4.90 Å². The summed E-state index contributed by atoms with van der Waals surface area (Å²) in [6.45, 7) is 9.79. The van der Waals surface area contributed by atoms with Gasteiger partial charge in [0.15, 0.2) is 0 Å². The Morgan fingerprint density at radius 2 is 1.82 bits per heavy atom. The van der Waals surface area contributed by atoms with Gasteiger partial charge in [-0.2, -0.15) is 10.2 Å². The molecule has 1 N–H and O–H groups in total. The Labute approximate surface area is 228 Å². The number of hydrogen-bond donors (Lipinski definition) is 1. The van der Waals surface area contributed by atoms with Crippen LogP contribution in [0.3, 0.4) is 0 Å². The fourth-order valence-electron chi connectivity index (χ4n) is 4.64. The summed E-state index contributed by atoms with van der Waals surface area (Å²) in [7, 11) is 0. The molecule has 0 bridgehead atoms. The number of hydrogen-bond acceptors (Lipinski definition) is 8. The van der Waals surface area contributed by atoms with Gasteiger partial charge in [-0.25, -0.2) is 4.98 Å². The van der Waals surface area contributed by atoms with Gasteiger partial charge in [-0.1, -0.05) is 48.2 Å². The maximum atomic E-state index is 9.85. The zero-order chi connectivity index (χ0) is 26.5. The molecule has 0 aliphatic carbocycles. The van der Waals surface area contributed by atoms with Crippen molar-refractivity contribution in [2.24, 2.45) is 0 Å². The second-order valence-corrected chi connectivity index (χ2v) is 11.6. The van der Waals surface area contributed by atoms with Gasteiger partial charge in [-0.15, -0.1) is 0 Å². The van der Waals surface area contributed by atoms with Crippen molar-refractivity contribution in [3.63, 3.8) is 0 Å². The summed E-state index contributed by atoms with van der Waals surface area (Å²) in [4.78, 5) is 12.3. The third-order valence-corrected chi connectivity index (χ3v) is 7.51. The highest BCUT2D eigenvalue weighted by Gasteiger charge is 2.24. The van der Waals surface area contributed by atoms with Gasteiger partial charge in [0.1, 0.15) is 18.2 Å². The summed E-state index contributed by atoms with van der Waals surface area (Å²) in [6.07, 6.45) is 4.14. The third-order valence-electron chi connectivity index (χ3n) is 6.43. The number of thioether (sulfide) groups is 1. The lowest BCUT2D eigenvalue weighted by Crippen LogP contribution is -2.39. The van der Waals surface area contributed by atoms with Crippen LogP contribution in [0.15, 0.2) is 70.7 Å². The number of nitriles is 1. The van der Waals surface area contributed by atoms with Crippen LogP contribution in [0.5, 0.6) is 6.01 Å². The first-order valence-corrected chi connectivity index (χ1v) is 13.8. The van der Waals surface area contributed by atoms with E-state index in [4.69, 9.17) is 9.47 Å². The van der Waals surface area contributed by atoms with Gasteiger partial charge >= 0.3 is 6.01 Å². The van der Waals surface area contributed by atoms with Gasteiger partial charge in [0.05, 0.1) is 28.1 Å². The highest BCUT2D eigenvalue weighted by Crippen LogP contribution is 2.43. The highest BCUT2D eigenvalue weighted by molar-refractivity contribution is 8.04. The summed E-state index contributed by atoms with van der Waals surface area (Å²) < 4.78 is 12.0. The van der Waals surface area contributed by atoms with Crippen LogP contribution in [-0.2, 0) is 17.9 Å². The molecule has 1 fully saturated rings. The van der Waals surface area contributed by atoms with Gasteiger partial charge in [0.2, 0.25) is 0 Å². The molecule has 0 saturated carbocycles. The number of rotatable bonds is 7. The van der Waals surface area contributed by atoms with Crippen molar-refractivity contribution in [3.8, 4) is 12.1 Å². The number of piperidine rings is 1. The van der Waals surface area contributed by atoms with Crippen LogP contribution < -0.4 is 10.1 Å². The minimum Gasteiger partial charge on any atom is -0.459 e. The number of para-hydroxylation sites is 1. The summed E-state index contributed by atoms with van der Waals surface area (Å²) in [5, 5.41) is 13.9. The van der Waals surface area contributed by atoms with Crippen LogP contribution in [0.1, 0.15) is 50.4 Å². The van der Waals surface area contributed by atoms with E-state index in [9.17, 15) is 5.26 Å². The maximum absolute atomic E-state index is 9.85. The summed E-state index contributed by atoms with van der Waals surface area (Å²) in [5.74, 6) is 0. The average molecular weight is 528 g/mol. The van der Waals surface area contributed by atoms with E-state index >= 15 is 0 Å². The Balaban J connectivity index is 1.15. The molecule has 0 spiro atoms. The average Bonchev–Trinajstić information content (AvgIpc) is 3.33. The normalized spacial score (nSPS) is 17.4. The first-order chi connectivity index (χ1) is 18.4. The van der Waals surface area contributed by atoms with Crippen LogP contribution in [-0.4, -0.2) is 39.7 Å². The minimum atomic E-state index is -0.0782. The third kappa shape index (κ3) is 6.73. The van der Waals surface area contributed by atoms with Gasteiger partial charge < -0.3 is 14.8 Å². The first-order valence-electron chi connectivity index (χ1n) is 13.0. The molecule has 0 unspecified atom stereocenters. The van der Waals surface area contributed by atoms with Crippen LogP contribution in [0.4, 0.5) is 5.69 Å². The van der Waals surface area contributed by atoms with E-state index in [2.05, 4.69) is 71.3 Å². The lowest BCUT2D eigenvalue weighted by Gasteiger charge is -2.35. The number of benzene rings is 2. The van der Waals surface area contributed by atoms with E-state index in [1.165, 1.54) is 17.3 Å². The molecule has 0 amide bonds. The van der Waals surface area contributed by atoms with E-state index in [1.54, 1.807) is 12.3 Å². The molecule has 1 saturated heterocycles. The van der Waals surface area contributed by atoms with E-state index < -0.39 is 0 Å². The maximum Gasteiger partial charge on any atom is 0.317 e. The molecule has 0 radical (unpaired) electrons. The molecule has 8 heteroatoms. The zero-order valence-electron chi connectivity index (χ0n) is 22.1. The Kier molecular flexibility index (Phi) is 7.98.